The summed E-state index contributed by atoms with van der Waals surface area (Å²) in [6.07, 6.45) is 5.16. The third kappa shape index (κ3) is 6.19. The van der Waals surface area contributed by atoms with E-state index in [0.29, 0.717) is 40.3 Å². The number of nitrogens with two attached hydrogens (primary N) is 1. The predicted octanol–water partition coefficient (Wildman–Crippen LogP) is 1.23. The number of rotatable bonds is 9. The number of ketones is 1. The first-order valence-electron chi connectivity index (χ1n) is 10.3. The van der Waals surface area contributed by atoms with Crippen molar-refractivity contribution in [1.82, 2.24) is 14.9 Å². The van der Waals surface area contributed by atoms with Crippen molar-refractivity contribution in [2.75, 3.05) is 12.3 Å². The van der Waals surface area contributed by atoms with Crippen LogP contribution in [0.5, 0.6) is 0 Å². The molecule has 10 heteroatoms. The van der Waals surface area contributed by atoms with Crippen LogP contribution in [0.15, 0.2) is 57.7 Å². The first-order chi connectivity index (χ1) is 15.9. The van der Waals surface area contributed by atoms with Crippen molar-refractivity contribution >= 4 is 35.4 Å². The number of hydrogen-bond donors (Lipinski definition) is 3. The second kappa shape index (κ2) is 11.3. The molecule has 0 radical (unpaired) electrons. The standard InChI is InChI=1S/C23H25N5O4S/c1-2-9-25-12-18(24)15-3-5-16(6-4-15)20(29)13-26-21(30)7-10-28-19-8-11-33-14-17(19)22(31)27-23(28)32/h2-6,9,12H,1,7-8,10-11,13-14,24H2,(H,26,30)(H,27,31,32)/b18-12-,25-9?. The molecule has 33 heavy (non-hydrogen) atoms. The lowest BCUT2D eigenvalue weighted by atomic mass is 10.1. The van der Waals surface area contributed by atoms with Crippen molar-refractivity contribution in [3.63, 3.8) is 0 Å². The number of thioether (sulfide) groups is 1. The molecule has 1 aromatic carbocycles. The number of fused-ring (bicyclic) bond motifs is 1. The molecular formula is C23H25N5O4S. The Balaban J connectivity index is 1.55. The van der Waals surface area contributed by atoms with Crippen molar-refractivity contribution in [2.45, 2.75) is 25.1 Å². The van der Waals surface area contributed by atoms with Gasteiger partial charge in [-0.05, 0) is 17.7 Å². The van der Waals surface area contributed by atoms with Crippen molar-refractivity contribution in [3.8, 4) is 0 Å². The Bertz CT molecular complexity index is 1220. The van der Waals surface area contributed by atoms with Crippen LogP contribution in [0.3, 0.4) is 0 Å². The molecule has 0 atom stereocenters. The van der Waals surface area contributed by atoms with Crippen LogP contribution in [-0.2, 0) is 23.5 Å². The molecule has 0 bridgehead atoms. The zero-order valence-electron chi connectivity index (χ0n) is 18.0. The number of hydrogen-bond acceptors (Lipinski definition) is 7. The zero-order chi connectivity index (χ0) is 23.8. The van der Waals surface area contributed by atoms with Crippen LogP contribution in [0.4, 0.5) is 0 Å². The summed E-state index contributed by atoms with van der Waals surface area (Å²) in [6, 6.07) is 6.67. The molecule has 1 amide bonds. The monoisotopic (exact) mass is 467 g/mol. The van der Waals surface area contributed by atoms with Crippen molar-refractivity contribution in [1.29, 1.82) is 0 Å². The number of aliphatic imine (C=N–C) groups is 1. The van der Waals surface area contributed by atoms with Gasteiger partial charge in [-0.25, -0.2) is 4.79 Å². The van der Waals surface area contributed by atoms with E-state index in [1.165, 1.54) is 23.1 Å². The summed E-state index contributed by atoms with van der Waals surface area (Å²) in [6.45, 7) is 3.50. The van der Waals surface area contributed by atoms with E-state index in [9.17, 15) is 19.2 Å². The van der Waals surface area contributed by atoms with Crippen molar-refractivity contribution in [2.24, 2.45) is 10.7 Å². The van der Waals surface area contributed by atoms with Gasteiger partial charge in [-0.2, -0.15) is 11.8 Å². The van der Waals surface area contributed by atoms with Crippen LogP contribution in [0.1, 0.15) is 33.6 Å². The van der Waals surface area contributed by atoms with Gasteiger partial charge in [0.1, 0.15) is 0 Å². The number of aromatic amines is 1. The summed E-state index contributed by atoms with van der Waals surface area (Å²) in [4.78, 5) is 55.2. The quantitative estimate of drug-likeness (QED) is 0.374. The highest BCUT2D eigenvalue weighted by atomic mass is 32.2. The molecule has 172 valence electrons. The van der Waals surface area contributed by atoms with E-state index < -0.39 is 5.69 Å². The van der Waals surface area contributed by atoms with Crippen LogP contribution in [0, 0.1) is 0 Å². The topological polar surface area (TPSA) is 139 Å². The molecule has 2 heterocycles. The number of carbonyl (C=O) groups is 2. The number of nitrogens with zero attached hydrogens (tertiary/aromatic N) is 2. The molecular weight excluding hydrogens is 442 g/mol. The van der Waals surface area contributed by atoms with Gasteiger partial charge in [0.05, 0.1) is 18.4 Å². The van der Waals surface area contributed by atoms with Crippen LogP contribution < -0.4 is 22.3 Å². The fourth-order valence-electron chi connectivity index (χ4n) is 3.36. The maximum absolute atomic E-state index is 12.4. The first kappa shape index (κ1) is 24.0. The number of aromatic nitrogens is 2. The highest BCUT2D eigenvalue weighted by Crippen LogP contribution is 2.20. The Morgan fingerprint density at radius 3 is 2.70 bits per heavy atom. The number of nitrogens with one attached hydrogen (secondary N) is 2. The zero-order valence-corrected chi connectivity index (χ0v) is 18.8. The lowest BCUT2D eigenvalue weighted by Crippen LogP contribution is -2.38. The highest BCUT2D eigenvalue weighted by Gasteiger charge is 2.19. The highest BCUT2D eigenvalue weighted by molar-refractivity contribution is 7.98. The third-order valence-corrected chi connectivity index (χ3v) is 6.08. The van der Waals surface area contributed by atoms with Gasteiger partial charge in [-0.1, -0.05) is 36.9 Å². The Hall–Kier alpha value is -3.66. The van der Waals surface area contributed by atoms with E-state index in [1.807, 2.05) is 0 Å². The van der Waals surface area contributed by atoms with Crippen molar-refractivity contribution in [3.05, 3.63) is 86.3 Å². The van der Waals surface area contributed by atoms with Crippen LogP contribution in [0.2, 0.25) is 0 Å². The summed E-state index contributed by atoms with van der Waals surface area (Å²) < 4.78 is 1.45. The molecule has 1 aromatic heterocycles. The maximum Gasteiger partial charge on any atom is 0.328 e. The fourth-order valence-corrected chi connectivity index (χ4v) is 4.34. The SMILES string of the molecule is C=CC=N/C=C(\N)c1ccc(C(=O)CNC(=O)CCn2c3c(c(=O)[nH]c2=O)CSCC3)cc1. The minimum Gasteiger partial charge on any atom is -0.397 e. The van der Waals surface area contributed by atoms with E-state index >= 15 is 0 Å². The van der Waals surface area contributed by atoms with E-state index in [2.05, 4.69) is 21.9 Å². The minimum absolute atomic E-state index is 0.0182. The number of amides is 1. The lowest BCUT2D eigenvalue weighted by Gasteiger charge is -2.19. The molecule has 1 aliphatic rings. The van der Waals surface area contributed by atoms with E-state index in [1.54, 1.807) is 36.0 Å². The normalized spacial score (nSPS) is 13.5. The summed E-state index contributed by atoms with van der Waals surface area (Å²) >= 11 is 1.63. The van der Waals surface area contributed by atoms with Gasteiger partial charge >= 0.3 is 5.69 Å². The fraction of sp³-hybridized carbons (Fsp3) is 0.261. The molecule has 0 fully saturated rings. The molecule has 4 N–H and O–H groups in total. The number of H-pyrrole nitrogens is 1. The molecule has 9 nitrogen and oxygen atoms in total. The van der Waals surface area contributed by atoms with Crippen LogP contribution in [-0.4, -0.2) is 39.8 Å². The maximum atomic E-state index is 12.4. The summed E-state index contributed by atoms with van der Waals surface area (Å²) in [5, 5.41) is 2.59. The van der Waals surface area contributed by atoms with Gasteiger partial charge in [0.2, 0.25) is 5.91 Å². The number of Topliss-reactive ketones (excluding diaryl/α,β-unsaturated/α-hetero) is 1. The predicted molar refractivity (Wildman–Crippen MR) is 130 cm³/mol. The average molecular weight is 468 g/mol. The summed E-state index contributed by atoms with van der Waals surface area (Å²) in [5.41, 5.74) is 7.93. The van der Waals surface area contributed by atoms with E-state index in [-0.39, 0.29) is 36.8 Å². The lowest BCUT2D eigenvalue weighted by molar-refractivity contribution is -0.121. The Morgan fingerprint density at radius 2 is 1.97 bits per heavy atom. The molecule has 0 spiro atoms. The third-order valence-electron chi connectivity index (χ3n) is 5.10. The molecule has 2 aromatic rings. The van der Waals surface area contributed by atoms with E-state index in [4.69, 9.17) is 5.73 Å². The Kier molecular flexibility index (Phi) is 8.20. The van der Waals surface area contributed by atoms with Gasteiger partial charge in [0, 0.05) is 41.8 Å². The van der Waals surface area contributed by atoms with Crippen LogP contribution >= 0.6 is 11.8 Å². The van der Waals surface area contributed by atoms with Gasteiger partial charge in [-0.15, -0.1) is 0 Å². The molecule has 1 aliphatic heterocycles. The average Bonchev–Trinajstić information content (AvgIpc) is 2.82. The first-order valence-corrected chi connectivity index (χ1v) is 11.5. The Morgan fingerprint density at radius 1 is 1.24 bits per heavy atom. The smallest absolute Gasteiger partial charge is 0.328 e. The number of benzene rings is 1. The molecule has 3 rings (SSSR count). The van der Waals surface area contributed by atoms with E-state index in [0.717, 1.165) is 5.75 Å². The van der Waals surface area contributed by atoms with Gasteiger partial charge in [0.25, 0.3) is 5.56 Å². The van der Waals surface area contributed by atoms with Gasteiger partial charge < -0.3 is 11.1 Å². The second-order valence-electron chi connectivity index (χ2n) is 7.28. The van der Waals surface area contributed by atoms with Gasteiger partial charge in [-0.3, -0.25) is 28.9 Å². The van der Waals surface area contributed by atoms with Gasteiger partial charge in [0.15, 0.2) is 5.78 Å². The summed E-state index contributed by atoms with van der Waals surface area (Å²) in [7, 11) is 0. The molecule has 0 saturated heterocycles. The Labute approximate surface area is 194 Å². The molecule has 0 aliphatic carbocycles. The summed E-state index contributed by atoms with van der Waals surface area (Å²) in [5.74, 6) is 0.759. The molecule has 0 unspecified atom stereocenters. The molecule has 0 saturated carbocycles. The minimum atomic E-state index is -0.516. The number of allylic oxidation sites excluding steroid dienone is 1. The second-order valence-corrected chi connectivity index (χ2v) is 8.39. The van der Waals surface area contributed by atoms with Crippen molar-refractivity contribution < 1.29 is 9.59 Å². The van der Waals surface area contributed by atoms with Crippen LogP contribution in [0.25, 0.3) is 5.70 Å². The number of carbonyl (C=O) groups excluding carboxylic acids is 2. The largest absolute Gasteiger partial charge is 0.397 e.